The van der Waals surface area contributed by atoms with E-state index in [1.54, 1.807) is 47.3 Å². The van der Waals surface area contributed by atoms with Gasteiger partial charge in [-0.25, -0.2) is 4.98 Å². The Morgan fingerprint density at radius 3 is 2.83 bits per heavy atom. The molecule has 0 N–H and O–H groups in total. The number of hydrogen-bond acceptors (Lipinski definition) is 6. The van der Waals surface area contributed by atoms with Gasteiger partial charge in [0.1, 0.15) is 17.8 Å². The van der Waals surface area contributed by atoms with E-state index in [4.69, 9.17) is 11.6 Å². The van der Waals surface area contributed by atoms with E-state index in [2.05, 4.69) is 20.0 Å². The number of nitro groups is 1. The van der Waals surface area contributed by atoms with Gasteiger partial charge in [-0.3, -0.25) is 4.79 Å². The standard InChI is InChI=1S/C14H12ClN5O4/c1-24-18-13(20(22)23)14(21)17-12-4-2-3-7-19(12)9-10-5-6-11(15)16-8-10/h2-8H,9H2,1H3/b17-12?,18-13-. The lowest BCUT2D eigenvalue weighted by atomic mass is 10.3. The number of rotatable bonds is 3. The lowest BCUT2D eigenvalue weighted by Gasteiger charge is -2.06. The Morgan fingerprint density at radius 1 is 1.42 bits per heavy atom. The largest absolute Gasteiger partial charge is 0.476 e. The van der Waals surface area contributed by atoms with Crippen molar-refractivity contribution in [2.45, 2.75) is 6.54 Å². The minimum atomic E-state index is -1.11. The van der Waals surface area contributed by atoms with Gasteiger partial charge in [0.15, 0.2) is 5.16 Å². The number of halogens is 1. The van der Waals surface area contributed by atoms with Crippen molar-refractivity contribution in [2.24, 2.45) is 10.1 Å². The first-order valence-corrected chi connectivity index (χ1v) is 6.99. The summed E-state index contributed by atoms with van der Waals surface area (Å²) in [5.41, 5.74) is 1.04. The number of carbonyl (C=O) groups excluding carboxylic acids is 1. The molecule has 0 bridgehead atoms. The average Bonchev–Trinajstić information content (AvgIpc) is 2.56. The first-order valence-electron chi connectivity index (χ1n) is 6.61. The molecule has 0 unspecified atom stereocenters. The molecule has 2 aromatic heterocycles. The molecular weight excluding hydrogens is 338 g/mol. The van der Waals surface area contributed by atoms with E-state index in [0.717, 1.165) is 12.7 Å². The molecule has 2 aromatic rings. The second kappa shape index (κ2) is 7.97. The lowest BCUT2D eigenvalue weighted by molar-refractivity contribution is -0.351. The van der Waals surface area contributed by atoms with E-state index in [-0.39, 0.29) is 5.49 Å². The predicted octanol–water partition coefficient (Wildman–Crippen LogP) is 1.25. The fourth-order valence-corrected chi connectivity index (χ4v) is 1.90. The van der Waals surface area contributed by atoms with Gasteiger partial charge in [0.25, 0.3) is 0 Å². The van der Waals surface area contributed by atoms with E-state index in [1.807, 2.05) is 0 Å². The van der Waals surface area contributed by atoms with Crippen LogP contribution in [-0.4, -0.2) is 33.3 Å². The molecule has 24 heavy (non-hydrogen) atoms. The molecule has 124 valence electrons. The highest BCUT2D eigenvalue weighted by Crippen LogP contribution is 2.06. The fraction of sp³-hybridized carbons (Fsp3) is 0.143. The maximum atomic E-state index is 11.9. The number of amides is 1. The summed E-state index contributed by atoms with van der Waals surface area (Å²) in [4.78, 5) is 33.8. The van der Waals surface area contributed by atoms with E-state index in [0.29, 0.717) is 11.7 Å². The van der Waals surface area contributed by atoms with Crippen LogP contribution >= 0.6 is 11.6 Å². The fourth-order valence-electron chi connectivity index (χ4n) is 1.79. The Morgan fingerprint density at radius 2 is 2.21 bits per heavy atom. The summed E-state index contributed by atoms with van der Waals surface area (Å²) in [5, 5.41) is 14.3. The topological polar surface area (TPSA) is 112 Å². The summed E-state index contributed by atoms with van der Waals surface area (Å²) in [6.45, 7) is 0.354. The molecule has 0 aliphatic rings. The Labute approximate surface area is 141 Å². The number of oxime groups is 1. The molecule has 0 saturated carbocycles. The van der Waals surface area contributed by atoms with Crippen LogP contribution < -0.4 is 5.49 Å². The maximum absolute atomic E-state index is 11.9. The lowest BCUT2D eigenvalue weighted by Crippen LogP contribution is -2.27. The van der Waals surface area contributed by atoms with Crippen LogP contribution in [0, 0.1) is 10.1 Å². The smallest absolute Gasteiger partial charge is 0.358 e. The van der Waals surface area contributed by atoms with Gasteiger partial charge in [0.05, 0.1) is 6.54 Å². The first kappa shape index (κ1) is 17.3. The quantitative estimate of drug-likeness (QED) is 0.272. The summed E-state index contributed by atoms with van der Waals surface area (Å²) < 4.78 is 1.63. The minimum absolute atomic E-state index is 0.225. The normalized spacial score (nSPS) is 12.1. The van der Waals surface area contributed by atoms with E-state index in [1.165, 1.54) is 0 Å². The van der Waals surface area contributed by atoms with Crippen molar-refractivity contribution < 1.29 is 14.6 Å². The van der Waals surface area contributed by atoms with Crippen LogP contribution in [0.4, 0.5) is 0 Å². The van der Waals surface area contributed by atoms with Crippen molar-refractivity contribution in [1.29, 1.82) is 0 Å². The molecule has 0 atom stereocenters. The number of pyridine rings is 2. The monoisotopic (exact) mass is 349 g/mol. The number of aromatic nitrogens is 2. The Hall–Kier alpha value is -3.07. The molecule has 0 radical (unpaired) electrons. The van der Waals surface area contributed by atoms with E-state index in [9.17, 15) is 14.9 Å². The molecule has 0 fully saturated rings. The third kappa shape index (κ3) is 4.46. The van der Waals surface area contributed by atoms with Crippen LogP contribution in [0.25, 0.3) is 0 Å². The summed E-state index contributed by atoms with van der Waals surface area (Å²) >= 11 is 5.74. The molecule has 0 aliphatic carbocycles. The van der Waals surface area contributed by atoms with Crippen molar-refractivity contribution in [2.75, 3.05) is 7.11 Å². The zero-order valence-electron chi connectivity index (χ0n) is 12.5. The molecule has 10 heteroatoms. The Kier molecular flexibility index (Phi) is 5.74. The van der Waals surface area contributed by atoms with Crippen LogP contribution in [0.1, 0.15) is 5.56 Å². The maximum Gasteiger partial charge on any atom is 0.476 e. The van der Waals surface area contributed by atoms with Crippen LogP contribution in [-0.2, 0) is 16.2 Å². The first-order chi connectivity index (χ1) is 11.5. The number of hydrogen-bond donors (Lipinski definition) is 0. The number of carbonyl (C=O) groups is 1. The van der Waals surface area contributed by atoms with Gasteiger partial charge >= 0.3 is 11.7 Å². The second-order valence-corrected chi connectivity index (χ2v) is 4.83. The SMILES string of the molecule is CO/N=C(/C(=O)N=c1ccccn1Cc1ccc(Cl)nc1)[N+](=O)[O-]. The van der Waals surface area contributed by atoms with Crippen molar-refractivity contribution in [3.63, 3.8) is 0 Å². The highest BCUT2D eigenvalue weighted by Gasteiger charge is 2.25. The highest BCUT2D eigenvalue weighted by molar-refractivity contribution is 6.34. The van der Waals surface area contributed by atoms with E-state index >= 15 is 0 Å². The minimum Gasteiger partial charge on any atom is -0.358 e. The van der Waals surface area contributed by atoms with Gasteiger partial charge in [-0.2, -0.15) is 4.99 Å². The zero-order valence-corrected chi connectivity index (χ0v) is 13.3. The van der Waals surface area contributed by atoms with Crippen LogP contribution in [0.3, 0.4) is 0 Å². The second-order valence-electron chi connectivity index (χ2n) is 4.45. The molecule has 0 spiro atoms. The zero-order chi connectivity index (χ0) is 17.5. The van der Waals surface area contributed by atoms with Crippen molar-refractivity contribution in [1.82, 2.24) is 9.55 Å². The molecular formula is C14H12ClN5O4. The summed E-state index contributed by atoms with van der Waals surface area (Å²) in [6.07, 6.45) is 3.27. The van der Waals surface area contributed by atoms with Gasteiger partial charge in [0, 0.05) is 12.4 Å². The van der Waals surface area contributed by atoms with Crippen molar-refractivity contribution in [3.05, 3.63) is 69.0 Å². The van der Waals surface area contributed by atoms with Crippen LogP contribution in [0.2, 0.25) is 5.15 Å². The molecule has 2 rings (SSSR count). The Bertz CT molecular complexity index is 845. The van der Waals surface area contributed by atoms with Gasteiger partial charge in [-0.1, -0.05) is 23.7 Å². The third-order valence-corrected chi connectivity index (χ3v) is 3.04. The van der Waals surface area contributed by atoms with Crippen LogP contribution in [0.5, 0.6) is 0 Å². The summed E-state index contributed by atoms with van der Waals surface area (Å²) in [6, 6.07) is 8.35. The molecule has 2 heterocycles. The Balaban J connectivity index is 2.37. The molecule has 1 amide bonds. The van der Waals surface area contributed by atoms with Crippen molar-refractivity contribution >= 4 is 23.3 Å². The molecule has 0 saturated heterocycles. The third-order valence-electron chi connectivity index (χ3n) is 2.82. The summed E-state index contributed by atoms with van der Waals surface area (Å²) in [5.74, 6) is -2.11. The molecule has 0 aliphatic heterocycles. The van der Waals surface area contributed by atoms with Crippen molar-refractivity contribution in [3.8, 4) is 0 Å². The summed E-state index contributed by atoms with van der Waals surface area (Å²) in [7, 11) is 1.10. The number of amidine groups is 1. The van der Waals surface area contributed by atoms with Crippen LogP contribution in [0.15, 0.2) is 52.9 Å². The van der Waals surface area contributed by atoms with Gasteiger partial charge in [0.2, 0.25) is 0 Å². The van der Waals surface area contributed by atoms with Gasteiger partial charge in [-0.05, 0) is 28.7 Å². The van der Waals surface area contributed by atoms with E-state index < -0.39 is 16.7 Å². The average molecular weight is 350 g/mol. The molecule has 9 nitrogen and oxygen atoms in total. The van der Waals surface area contributed by atoms with Gasteiger partial charge in [-0.15, -0.1) is 0 Å². The highest BCUT2D eigenvalue weighted by atomic mass is 35.5. The van der Waals surface area contributed by atoms with Gasteiger partial charge < -0.3 is 19.5 Å². The number of nitrogens with zero attached hydrogens (tertiary/aromatic N) is 5. The predicted molar refractivity (Wildman–Crippen MR) is 84.8 cm³/mol. The molecule has 0 aromatic carbocycles.